The summed E-state index contributed by atoms with van der Waals surface area (Å²) in [7, 11) is 2.69. The summed E-state index contributed by atoms with van der Waals surface area (Å²) in [5, 5.41) is 0. The van der Waals surface area contributed by atoms with Crippen molar-refractivity contribution < 1.29 is 45.5 Å². The van der Waals surface area contributed by atoms with Crippen LogP contribution in [-0.2, 0) is 44.6 Å². The van der Waals surface area contributed by atoms with Gasteiger partial charge in [0.05, 0.1) is 24.3 Å². The molecule has 0 radical (unpaired) electrons. The molecule has 1 atom stereocenters. The highest BCUT2D eigenvalue weighted by atomic mass is 19.4. The summed E-state index contributed by atoms with van der Waals surface area (Å²) in [4.78, 5) is 40.1. The van der Waals surface area contributed by atoms with Crippen molar-refractivity contribution in [2.24, 2.45) is 5.73 Å². The van der Waals surface area contributed by atoms with Crippen LogP contribution < -0.4 is 5.73 Å². The summed E-state index contributed by atoms with van der Waals surface area (Å²) in [6, 6.07) is 19.5. The number of amides is 3. The van der Waals surface area contributed by atoms with Crippen LogP contribution in [0.15, 0.2) is 72.8 Å². The average Bonchev–Trinajstić information content (AvgIpc) is 3.05. The van der Waals surface area contributed by atoms with E-state index in [0.29, 0.717) is 38.2 Å². The third-order valence-corrected chi connectivity index (χ3v) is 7.22. The molecule has 48 heavy (non-hydrogen) atoms. The van der Waals surface area contributed by atoms with E-state index < -0.39 is 23.5 Å². The second kappa shape index (κ2) is 18.2. The summed E-state index contributed by atoms with van der Waals surface area (Å²) in [5.74, 6) is -0.123. The van der Waals surface area contributed by atoms with Gasteiger partial charge < -0.3 is 25.2 Å². The van der Waals surface area contributed by atoms with Crippen LogP contribution in [0.4, 0.5) is 26.3 Å². The molecule has 0 spiro atoms. The van der Waals surface area contributed by atoms with Gasteiger partial charge in [0.25, 0.3) is 0 Å². The standard InChI is InChI=1S/C15H17N3O3.C10H8F6O.C8H10.CH5N/c19-11-16-7-6-14(20)18-10-15(21)17(9-13(16)18)8-12-4-2-1-3-5-12;1-17-5-6-2-7(9(11,12)13)4-8(3-6)10(14,15)16;1-7-3-5-8(2)6-4-7;1-2/h1-5,11,13H,6-10H2;2-4H,5H2,1H3;3-6H,1-2H3;2H2,1H3. The quantitative estimate of drug-likeness (QED) is 0.272. The number of halogens is 6. The van der Waals surface area contributed by atoms with E-state index in [4.69, 9.17) is 0 Å². The van der Waals surface area contributed by atoms with Gasteiger partial charge >= 0.3 is 12.4 Å². The zero-order chi connectivity index (χ0) is 36.1. The number of carbonyl (C=O) groups excluding carboxylic acids is 3. The second-order valence-corrected chi connectivity index (χ2v) is 10.9. The van der Waals surface area contributed by atoms with Crippen LogP contribution >= 0.6 is 0 Å². The van der Waals surface area contributed by atoms with Crippen molar-refractivity contribution in [1.82, 2.24) is 14.7 Å². The fourth-order valence-corrected chi connectivity index (χ4v) is 4.79. The third kappa shape index (κ3) is 12.0. The minimum atomic E-state index is -4.82. The van der Waals surface area contributed by atoms with Gasteiger partial charge in [0.1, 0.15) is 12.7 Å². The monoisotopic (exact) mass is 682 g/mol. The SMILES string of the molecule is CN.COCc1cc(C(F)(F)F)cc(C(F)(F)F)c1.Cc1ccc(C)cc1.O=CN1CCC(=O)N2CC(=O)N(Cc3ccccc3)CC12. The van der Waals surface area contributed by atoms with Crippen molar-refractivity contribution in [3.63, 3.8) is 0 Å². The van der Waals surface area contributed by atoms with Crippen molar-refractivity contribution in [2.45, 2.75) is 51.9 Å². The first-order chi connectivity index (χ1) is 22.6. The van der Waals surface area contributed by atoms with Gasteiger partial charge in [0, 0.05) is 26.6 Å². The lowest BCUT2D eigenvalue weighted by Crippen LogP contribution is -2.66. The molecule has 262 valence electrons. The molecule has 0 aromatic heterocycles. The van der Waals surface area contributed by atoms with Gasteiger partial charge in [-0.15, -0.1) is 0 Å². The molecule has 2 saturated heterocycles. The Morgan fingerprint density at radius 2 is 1.33 bits per heavy atom. The molecule has 2 aliphatic rings. The number of fused-ring (bicyclic) bond motifs is 1. The van der Waals surface area contributed by atoms with Crippen LogP contribution in [0.25, 0.3) is 0 Å². The molecular weight excluding hydrogens is 642 g/mol. The predicted octanol–water partition coefficient (Wildman–Crippen LogP) is 5.79. The van der Waals surface area contributed by atoms with E-state index >= 15 is 0 Å². The van der Waals surface area contributed by atoms with E-state index in [2.05, 4.69) is 48.6 Å². The normalized spacial score (nSPS) is 16.0. The van der Waals surface area contributed by atoms with Gasteiger partial charge in [-0.05, 0) is 50.2 Å². The van der Waals surface area contributed by atoms with Crippen LogP contribution in [-0.4, -0.2) is 72.9 Å². The number of aryl methyl sites for hydroxylation is 2. The number of nitrogens with two attached hydrogens (primary N) is 1. The van der Waals surface area contributed by atoms with Gasteiger partial charge in [-0.1, -0.05) is 65.7 Å². The van der Waals surface area contributed by atoms with Crippen molar-refractivity contribution in [1.29, 1.82) is 0 Å². The van der Waals surface area contributed by atoms with Crippen LogP contribution in [0.1, 0.15) is 39.8 Å². The lowest BCUT2D eigenvalue weighted by molar-refractivity contribution is -0.163. The maximum absolute atomic E-state index is 12.4. The highest BCUT2D eigenvalue weighted by Gasteiger charge is 2.41. The molecule has 14 heteroatoms. The summed E-state index contributed by atoms with van der Waals surface area (Å²) in [6.45, 7) is 5.24. The van der Waals surface area contributed by atoms with Gasteiger partial charge in [-0.3, -0.25) is 14.4 Å². The maximum atomic E-state index is 12.4. The molecule has 2 heterocycles. The van der Waals surface area contributed by atoms with E-state index in [9.17, 15) is 40.7 Å². The molecule has 8 nitrogen and oxygen atoms in total. The topological polar surface area (TPSA) is 96.2 Å². The van der Waals surface area contributed by atoms with E-state index in [1.54, 1.807) is 9.80 Å². The summed E-state index contributed by atoms with van der Waals surface area (Å²) >= 11 is 0. The highest BCUT2D eigenvalue weighted by Crippen LogP contribution is 2.36. The van der Waals surface area contributed by atoms with Crippen LogP contribution in [0.3, 0.4) is 0 Å². The largest absolute Gasteiger partial charge is 0.416 e. The Balaban J connectivity index is 0.000000265. The first-order valence-corrected chi connectivity index (χ1v) is 14.8. The number of carbonyl (C=O) groups is 3. The highest BCUT2D eigenvalue weighted by molar-refractivity contribution is 5.87. The Morgan fingerprint density at radius 1 is 0.812 bits per heavy atom. The van der Waals surface area contributed by atoms with E-state index in [-0.39, 0.29) is 42.8 Å². The van der Waals surface area contributed by atoms with Crippen molar-refractivity contribution in [2.75, 3.05) is 33.8 Å². The Hall–Kier alpha value is -4.43. The molecule has 2 aliphatic heterocycles. The number of hydrogen-bond acceptors (Lipinski definition) is 5. The number of rotatable bonds is 5. The molecule has 0 aliphatic carbocycles. The average molecular weight is 683 g/mol. The number of ether oxygens (including phenoxy) is 1. The van der Waals surface area contributed by atoms with Crippen molar-refractivity contribution >= 4 is 18.2 Å². The predicted molar refractivity (Wildman–Crippen MR) is 168 cm³/mol. The molecule has 5 rings (SSSR count). The van der Waals surface area contributed by atoms with E-state index in [1.807, 2.05) is 30.3 Å². The molecule has 0 saturated carbocycles. The Labute approximate surface area is 276 Å². The molecule has 3 aromatic carbocycles. The lowest BCUT2D eigenvalue weighted by atomic mass is 10.1. The fraction of sp³-hybridized carbons (Fsp3) is 0.382. The van der Waals surface area contributed by atoms with Crippen LogP contribution in [0, 0.1) is 13.8 Å². The molecule has 3 amide bonds. The Morgan fingerprint density at radius 3 is 1.79 bits per heavy atom. The Bertz CT molecular complexity index is 1410. The lowest BCUT2D eigenvalue weighted by Gasteiger charge is -2.47. The zero-order valence-electron chi connectivity index (χ0n) is 27.1. The van der Waals surface area contributed by atoms with Gasteiger partial charge in [-0.25, -0.2) is 0 Å². The molecule has 2 N–H and O–H groups in total. The smallest absolute Gasteiger partial charge is 0.380 e. The molecule has 3 aromatic rings. The van der Waals surface area contributed by atoms with Crippen LogP contribution in [0.5, 0.6) is 0 Å². The Kier molecular flexibility index (Phi) is 15.1. The maximum Gasteiger partial charge on any atom is 0.416 e. The van der Waals surface area contributed by atoms with E-state index in [1.165, 1.54) is 30.2 Å². The molecule has 2 fully saturated rings. The molecule has 1 unspecified atom stereocenters. The zero-order valence-corrected chi connectivity index (χ0v) is 27.1. The van der Waals surface area contributed by atoms with E-state index in [0.717, 1.165) is 12.0 Å². The van der Waals surface area contributed by atoms with Crippen LogP contribution in [0.2, 0.25) is 0 Å². The number of nitrogens with zero attached hydrogens (tertiary/aromatic N) is 3. The van der Waals surface area contributed by atoms with Gasteiger partial charge in [0.2, 0.25) is 18.2 Å². The molecular formula is C34H40F6N4O4. The second-order valence-electron chi connectivity index (χ2n) is 10.9. The van der Waals surface area contributed by atoms with Crippen molar-refractivity contribution in [3.8, 4) is 0 Å². The first kappa shape index (κ1) is 39.7. The summed E-state index contributed by atoms with van der Waals surface area (Å²) in [5.41, 5.74) is 5.36. The molecule has 0 bridgehead atoms. The summed E-state index contributed by atoms with van der Waals surface area (Å²) in [6.07, 6.45) is -8.90. The number of hydrogen-bond donors (Lipinski definition) is 1. The van der Waals surface area contributed by atoms with Gasteiger partial charge in [-0.2, -0.15) is 26.3 Å². The number of piperazine rings is 1. The minimum Gasteiger partial charge on any atom is -0.380 e. The number of methoxy groups -OCH3 is 1. The van der Waals surface area contributed by atoms with Crippen molar-refractivity contribution in [3.05, 3.63) is 106 Å². The number of alkyl halides is 6. The number of benzene rings is 3. The van der Waals surface area contributed by atoms with Gasteiger partial charge in [0.15, 0.2) is 0 Å². The minimum absolute atomic E-state index is 0.0502. The summed E-state index contributed by atoms with van der Waals surface area (Å²) < 4.78 is 78.7. The fourth-order valence-electron chi connectivity index (χ4n) is 4.79. The third-order valence-electron chi connectivity index (χ3n) is 7.22. The first-order valence-electron chi connectivity index (χ1n) is 14.8.